The molecular formula is C28H46O3. The molecule has 3 nitrogen and oxygen atoms in total. The van der Waals surface area contributed by atoms with Gasteiger partial charge < -0.3 is 4.74 Å². The molecule has 0 bridgehead atoms. The minimum Gasteiger partial charge on any atom is -0.466 e. The average molecular weight is 431 g/mol. The SMILES string of the molecule is CCOC(=O)CC[C@@]1(CC=C(C)C)C[C@H](CC=C(C)C)C(C)(C)[C@@H](CC=C(C)C)C1=O. The summed E-state index contributed by atoms with van der Waals surface area (Å²) in [6.45, 7) is 19.4. The van der Waals surface area contributed by atoms with Gasteiger partial charge in [-0.25, -0.2) is 0 Å². The fourth-order valence-electron chi connectivity index (χ4n) is 4.84. The highest BCUT2D eigenvalue weighted by Gasteiger charge is 2.54. The maximum absolute atomic E-state index is 14.1. The number of carbonyl (C=O) groups is 2. The fourth-order valence-corrected chi connectivity index (χ4v) is 4.84. The van der Waals surface area contributed by atoms with Crippen LogP contribution < -0.4 is 0 Å². The Bertz CT molecular complexity index is 711. The summed E-state index contributed by atoms with van der Waals surface area (Å²) in [5.74, 6) is 0.492. The van der Waals surface area contributed by atoms with Crippen molar-refractivity contribution in [2.24, 2.45) is 22.7 Å². The fraction of sp³-hybridized carbons (Fsp3) is 0.714. The lowest BCUT2D eigenvalue weighted by Crippen LogP contribution is -2.52. The van der Waals surface area contributed by atoms with Crippen LogP contribution in [-0.4, -0.2) is 18.4 Å². The number of allylic oxidation sites excluding steroid dienone is 6. The highest BCUT2D eigenvalue weighted by Crippen LogP contribution is 2.56. The molecule has 0 aliphatic heterocycles. The van der Waals surface area contributed by atoms with Gasteiger partial charge in [-0.3, -0.25) is 9.59 Å². The molecule has 0 unspecified atom stereocenters. The van der Waals surface area contributed by atoms with Crippen LogP contribution in [0.4, 0.5) is 0 Å². The quantitative estimate of drug-likeness (QED) is 0.264. The standard InChI is InChI=1S/C28H46O3/c1-10-31-25(29)16-18-28(17-15-22(6)7)19-23(13-11-20(2)3)27(8,9)24(26(28)30)14-12-21(4)5/h11-12,15,23-24H,10,13-14,16-19H2,1-9H3/t23-,24-,28-/m0/s1. The normalized spacial score (nSPS) is 24.9. The molecule has 31 heavy (non-hydrogen) atoms. The maximum Gasteiger partial charge on any atom is 0.305 e. The Kier molecular flexibility index (Phi) is 10.5. The molecule has 0 N–H and O–H groups in total. The van der Waals surface area contributed by atoms with Crippen molar-refractivity contribution in [3.05, 3.63) is 34.9 Å². The topological polar surface area (TPSA) is 43.4 Å². The number of Topliss-reactive ketones (excluding diaryl/α,β-unsaturated/α-hetero) is 1. The Balaban J connectivity index is 3.45. The summed E-state index contributed by atoms with van der Waals surface area (Å²) in [7, 11) is 0. The molecule has 1 aliphatic rings. The van der Waals surface area contributed by atoms with Gasteiger partial charge in [-0.15, -0.1) is 0 Å². The third-order valence-electron chi connectivity index (χ3n) is 7.01. The summed E-state index contributed by atoms with van der Waals surface area (Å²) >= 11 is 0. The van der Waals surface area contributed by atoms with E-state index in [2.05, 4.69) is 73.6 Å². The van der Waals surface area contributed by atoms with E-state index in [1.54, 1.807) is 0 Å². The van der Waals surface area contributed by atoms with Gasteiger partial charge in [0.1, 0.15) is 5.78 Å². The molecular weight excluding hydrogens is 384 g/mol. The van der Waals surface area contributed by atoms with E-state index in [-0.39, 0.29) is 17.3 Å². The predicted octanol–water partition coefficient (Wildman–Crippen LogP) is 7.62. The smallest absolute Gasteiger partial charge is 0.305 e. The van der Waals surface area contributed by atoms with Crippen molar-refractivity contribution >= 4 is 11.8 Å². The van der Waals surface area contributed by atoms with Crippen molar-refractivity contribution in [2.45, 2.75) is 101 Å². The van der Waals surface area contributed by atoms with E-state index in [9.17, 15) is 9.59 Å². The molecule has 0 spiro atoms. The first-order chi connectivity index (χ1) is 14.4. The van der Waals surface area contributed by atoms with Gasteiger partial charge >= 0.3 is 5.97 Å². The minimum absolute atomic E-state index is 0.0422. The predicted molar refractivity (Wildman–Crippen MR) is 131 cm³/mol. The molecule has 0 aromatic heterocycles. The first kappa shape index (κ1) is 27.4. The van der Waals surface area contributed by atoms with E-state index >= 15 is 0 Å². The number of hydrogen-bond acceptors (Lipinski definition) is 3. The second-order valence-electron chi connectivity index (χ2n) is 10.7. The molecule has 0 aromatic rings. The molecule has 3 atom stereocenters. The van der Waals surface area contributed by atoms with Crippen molar-refractivity contribution < 1.29 is 14.3 Å². The van der Waals surface area contributed by atoms with Gasteiger partial charge in [-0.1, -0.05) is 48.8 Å². The number of ether oxygens (including phenoxy) is 1. The molecule has 0 radical (unpaired) electrons. The first-order valence-electron chi connectivity index (χ1n) is 12.0. The van der Waals surface area contributed by atoms with Crippen LogP contribution in [0.3, 0.4) is 0 Å². The first-order valence-corrected chi connectivity index (χ1v) is 12.0. The summed E-state index contributed by atoms with van der Waals surface area (Å²) in [5.41, 5.74) is 3.19. The minimum atomic E-state index is -0.500. The van der Waals surface area contributed by atoms with Gasteiger partial charge in [0.05, 0.1) is 6.61 Å². The van der Waals surface area contributed by atoms with E-state index < -0.39 is 5.41 Å². The van der Waals surface area contributed by atoms with Gasteiger partial charge in [-0.05, 0) is 91.9 Å². The van der Waals surface area contributed by atoms with Crippen molar-refractivity contribution in [1.82, 2.24) is 0 Å². The summed E-state index contributed by atoms with van der Waals surface area (Å²) < 4.78 is 5.21. The van der Waals surface area contributed by atoms with E-state index in [4.69, 9.17) is 4.74 Å². The van der Waals surface area contributed by atoms with Gasteiger partial charge in [0, 0.05) is 17.8 Å². The third-order valence-corrected chi connectivity index (χ3v) is 7.01. The monoisotopic (exact) mass is 430 g/mol. The van der Waals surface area contributed by atoms with Crippen molar-refractivity contribution in [1.29, 1.82) is 0 Å². The van der Waals surface area contributed by atoms with E-state index in [0.717, 1.165) is 19.3 Å². The van der Waals surface area contributed by atoms with Gasteiger partial charge in [0.2, 0.25) is 0 Å². The molecule has 0 saturated heterocycles. The zero-order valence-corrected chi connectivity index (χ0v) is 21.6. The second kappa shape index (κ2) is 11.8. The van der Waals surface area contributed by atoms with Crippen LogP contribution >= 0.6 is 0 Å². The van der Waals surface area contributed by atoms with Crippen molar-refractivity contribution in [2.75, 3.05) is 6.61 Å². The second-order valence-corrected chi connectivity index (χ2v) is 10.7. The lowest BCUT2D eigenvalue weighted by Gasteiger charge is -2.52. The Morgan fingerprint density at radius 3 is 2.03 bits per heavy atom. The molecule has 0 amide bonds. The number of carbonyl (C=O) groups excluding carboxylic acids is 2. The lowest BCUT2D eigenvalue weighted by atomic mass is 9.50. The summed E-state index contributed by atoms with van der Waals surface area (Å²) in [6.07, 6.45) is 10.9. The largest absolute Gasteiger partial charge is 0.466 e. The van der Waals surface area contributed by atoms with Crippen LogP contribution in [0.15, 0.2) is 34.9 Å². The van der Waals surface area contributed by atoms with E-state index in [0.29, 0.717) is 37.6 Å². The highest BCUT2D eigenvalue weighted by molar-refractivity contribution is 5.89. The lowest BCUT2D eigenvalue weighted by molar-refractivity contribution is -0.151. The molecule has 1 aliphatic carbocycles. The van der Waals surface area contributed by atoms with Crippen LogP contribution in [0, 0.1) is 22.7 Å². The Hall–Kier alpha value is -1.64. The third kappa shape index (κ3) is 7.77. The maximum atomic E-state index is 14.1. The summed E-state index contributed by atoms with van der Waals surface area (Å²) in [6, 6.07) is 0. The van der Waals surface area contributed by atoms with Crippen LogP contribution in [0.2, 0.25) is 0 Å². The van der Waals surface area contributed by atoms with Crippen molar-refractivity contribution in [3.63, 3.8) is 0 Å². The number of esters is 1. The van der Waals surface area contributed by atoms with Crippen molar-refractivity contribution in [3.8, 4) is 0 Å². The van der Waals surface area contributed by atoms with E-state index in [1.165, 1.54) is 16.7 Å². The highest BCUT2D eigenvalue weighted by atomic mass is 16.5. The molecule has 1 rings (SSSR count). The Morgan fingerprint density at radius 1 is 0.968 bits per heavy atom. The summed E-state index contributed by atoms with van der Waals surface area (Å²) in [4.78, 5) is 26.3. The van der Waals surface area contributed by atoms with Crippen LogP contribution in [0.25, 0.3) is 0 Å². The van der Waals surface area contributed by atoms with Gasteiger partial charge in [-0.2, -0.15) is 0 Å². The molecule has 0 aromatic carbocycles. The molecule has 1 fully saturated rings. The van der Waals surface area contributed by atoms with Gasteiger partial charge in [0.15, 0.2) is 0 Å². The zero-order chi connectivity index (χ0) is 23.8. The Morgan fingerprint density at radius 2 is 1.52 bits per heavy atom. The van der Waals surface area contributed by atoms with Crippen LogP contribution in [-0.2, 0) is 14.3 Å². The molecule has 1 saturated carbocycles. The molecule has 3 heteroatoms. The molecule has 176 valence electrons. The van der Waals surface area contributed by atoms with Crippen LogP contribution in [0.5, 0.6) is 0 Å². The zero-order valence-electron chi connectivity index (χ0n) is 21.6. The number of hydrogen-bond donors (Lipinski definition) is 0. The van der Waals surface area contributed by atoms with Gasteiger partial charge in [0.25, 0.3) is 0 Å². The summed E-state index contributed by atoms with van der Waals surface area (Å²) in [5, 5.41) is 0. The number of rotatable bonds is 10. The molecule has 0 heterocycles. The van der Waals surface area contributed by atoms with E-state index in [1.807, 2.05) is 6.92 Å². The van der Waals surface area contributed by atoms with Crippen LogP contribution in [0.1, 0.15) is 101 Å². The Labute approximate surface area is 191 Å². The number of ketones is 1. The average Bonchev–Trinajstić information content (AvgIpc) is 2.65.